The Bertz CT molecular complexity index is 754. The van der Waals surface area contributed by atoms with Crippen LogP contribution in [0.4, 0.5) is 0 Å². The number of hydrogen-bond acceptors (Lipinski definition) is 4. The zero-order valence-electron chi connectivity index (χ0n) is 15.3. The van der Waals surface area contributed by atoms with Gasteiger partial charge >= 0.3 is 0 Å². The topological polar surface area (TPSA) is 82.2 Å². The number of carbonyl (C=O) groups is 1. The summed E-state index contributed by atoms with van der Waals surface area (Å²) in [7, 11) is 0. The number of amides is 1. The molecule has 1 fully saturated rings. The van der Waals surface area contributed by atoms with E-state index < -0.39 is 5.41 Å². The lowest BCUT2D eigenvalue weighted by atomic mass is 9.79. The summed E-state index contributed by atoms with van der Waals surface area (Å²) in [5.74, 6) is 0.0153. The van der Waals surface area contributed by atoms with Crippen LogP contribution in [0.1, 0.15) is 29.8 Å². The number of aryl methyl sites for hydroxylation is 2. The van der Waals surface area contributed by atoms with Crippen molar-refractivity contribution in [3.63, 3.8) is 0 Å². The molecule has 6 nitrogen and oxygen atoms in total. The Morgan fingerprint density at radius 3 is 2.62 bits per heavy atom. The molecule has 142 valence electrons. The fourth-order valence-corrected chi connectivity index (χ4v) is 3.39. The second-order valence-corrected chi connectivity index (χ2v) is 6.75. The Labute approximate surface area is 160 Å². The predicted octanol–water partition coefficient (Wildman–Crippen LogP) is 2.28. The highest BCUT2D eigenvalue weighted by Gasteiger charge is 2.38. The first-order valence-corrected chi connectivity index (χ1v) is 8.73. The number of rotatable bonds is 5. The smallest absolute Gasteiger partial charge is 0.227 e. The quantitative estimate of drug-likeness (QED) is 0.836. The van der Waals surface area contributed by atoms with E-state index in [9.17, 15) is 4.79 Å². The lowest BCUT2D eigenvalue weighted by molar-refractivity contribution is -0.136. The molecule has 1 aliphatic rings. The maximum Gasteiger partial charge on any atom is 0.227 e. The second kappa shape index (κ2) is 8.66. The molecule has 0 bridgehead atoms. The van der Waals surface area contributed by atoms with Crippen molar-refractivity contribution in [2.24, 2.45) is 11.1 Å². The van der Waals surface area contributed by atoms with Crippen molar-refractivity contribution in [1.29, 1.82) is 0 Å². The SMILES string of the molecule is Cc1cc(C)n(-c2ccccc2CNC(=O)C2(CN)CCOCC2)n1.Cl. The molecular formula is C19H27ClN4O2. The highest BCUT2D eigenvalue weighted by Crippen LogP contribution is 2.29. The van der Waals surface area contributed by atoms with Crippen LogP contribution in [0.3, 0.4) is 0 Å². The van der Waals surface area contributed by atoms with Crippen molar-refractivity contribution in [3.05, 3.63) is 47.3 Å². The third kappa shape index (κ3) is 4.09. The second-order valence-electron chi connectivity index (χ2n) is 6.75. The maximum absolute atomic E-state index is 12.8. The van der Waals surface area contributed by atoms with Crippen LogP contribution in [0.2, 0.25) is 0 Å². The molecule has 2 aromatic rings. The van der Waals surface area contributed by atoms with Gasteiger partial charge in [0, 0.05) is 32.0 Å². The first-order valence-electron chi connectivity index (χ1n) is 8.73. The van der Waals surface area contributed by atoms with Crippen molar-refractivity contribution in [2.45, 2.75) is 33.2 Å². The van der Waals surface area contributed by atoms with Gasteiger partial charge in [-0.05, 0) is 44.4 Å². The van der Waals surface area contributed by atoms with E-state index in [0.29, 0.717) is 39.1 Å². The lowest BCUT2D eigenvalue weighted by Gasteiger charge is -2.34. The molecule has 1 amide bonds. The molecule has 0 saturated carbocycles. The first-order chi connectivity index (χ1) is 12.1. The fraction of sp³-hybridized carbons (Fsp3) is 0.474. The molecule has 3 rings (SSSR count). The van der Waals surface area contributed by atoms with Crippen molar-refractivity contribution in [3.8, 4) is 5.69 Å². The molecule has 1 aromatic heterocycles. The van der Waals surface area contributed by atoms with Crippen LogP contribution in [0.15, 0.2) is 30.3 Å². The van der Waals surface area contributed by atoms with E-state index in [4.69, 9.17) is 10.5 Å². The largest absolute Gasteiger partial charge is 0.381 e. The van der Waals surface area contributed by atoms with Crippen LogP contribution >= 0.6 is 12.4 Å². The molecule has 1 aromatic carbocycles. The number of carbonyl (C=O) groups excluding carboxylic acids is 1. The summed E-state index contributed by atoms with van der Waals surface area (Å²) in [6.45, 7) is 5.99. The first kappa shape index (κ1) is 20.4. The molecule has 1 aliphatic heterocycles. The van der Waals surface area contributed by atoms with Gasteiger partial charge in [0.25, 0.3) is 0 Å². The molecule has 2 heterocycles. The standard InChI is InChI=1S/C19H26N4O2.ClH/c1-14-11-15(2)23(22-14)17-6-4-3-5-16(17)12-21-18(24)19(13-20)7-9-25-10-8-19;/h3-6,11H,7-10,12-13,20H2,1-2H3,(H,21,24);1H. The molecule has 0 atom stereocenters. The summed E-state index contributed by atoms with van der Waals surface area (Å²) in [6, 6.07) is 10.0. The molecule has 0 radical (unpaired) electrons. The van der Waals surface area contributed by atoms with Crippen LogP contribution in [0.25, 0.3) is 5.69 Å². The Kier molecular flexibility index (Phi) is 6.81. The zero-order chi connectivity index (χ0) is 17.9. The number of nitrogens with zero attached hydrogens (tertiary/aromatic N) is 2. The Balaban J connectivity index is 0.00000243. The van der Waals surface area contributed by atoms with E-state index in [1.54, 1.807) is 0 Å². The summed E-state index contributed by atoms with van der Waals surface area (Å²) in [4.78, 5) is 12.8. The highest BCUT2D eigenvalue weighted by atomic mass is 35.5. The van der Waals surface area contributed by atoms with Crippen LogP contribution in [-0.4, -0.2) is 35.4 Å². The van der Waals surface area contributed by atoms with E-state index in [0.717, 1.165) is 22.6 Å². The molecule has 26 heavy (non-hydrogen) atoms. The minimum absolute atomic E-state index is 0. The fourth-order valence-electron chi connectivity index (χ4n) is 3.39. The van der Waals surface area contributed by atoms with Gasteiger partial charge in [-0.2, -0.15) is 5.10 Å². The average Bonchev–Trinajstić information content (AvgIpc) is 2.98. The van der Waals surface area contributed by atoms with Gasteiger partial charge in [0.15, 0.2) is 0 Å². The highest BCUT2D eigenvalue weighted by molar-refractivity contribution is 5.85. The summed E-state index contributed by atoms with van der Waals surface area (Å²) < 4.78 is 7.31. The van der Waals surface area contributed by atoms with E-state index >= 15 is 0 Å². The van der Waals surface area contributed by atoms with Crippen molar-refractivity contribution >= 4 is 18.3 Å². The van der Waals surface area contributed by atoms with Crippen LogP contribution in [-0.2, 0) is 16.1 Å². The van der Waals surface area contributed by atoms with Crippen molar-refractivity contribution in [2.75, 3.05) is 19.8 Å². The third-order valence-electron chi connectivity index (χ3n) is 4.99. The number of para-hydroxylation sites is 1. The van der Waals surface area contributed by atoms with Crippen molar-refractivity contribution < 1.29 is 9.53 Å². The summed E-state index contributed by atoms with van der Waals surface area (Å²) in [5, 5.41) is 7.64. The van der Waals surface area contributed by atoms with Crippen LogP contribution < -0.4 is 11.1 Å². The number of aromatic nitrogens is 2. The van der Waals surface area contributed by atoms with E-state index in [-0.39, 0.29) is 18.3 Å². The number of nitrogens with one attached hydrogen (secondary N) is 1. The normalized spacial score (nSPS) is 16.0. The third-order valence-corrected chi connectivity index (χ3v) is 4.99. The molecular weight excluding hydrogens is 352 g/mol. The van der Waals surface area contributed by atoms with E-state index in [1.807, 2.05) is 48.9 Å². The van der Waals surface area contributed by atoms with Gasteiger partial charge in [0.2, 0.25) is 5.91 Å². The van der Waals surface area contributed by atoms with E-state index in [2.05, 4.69) is 10.4 Å². The van der Waals surface area contributed by atoms with Gasteiger partial charge < -0.3 is 15.8 Å². The summed E-state index contributed by atoms with van der Waals surface area (Å²) in [6.07, 6.45) is 1.35. The van der Waals surface area contributed by atoms with Gasteiger partial charge in [-0.15, -0.1) is 12.4 Å². The Morgan fingerprint density at radius 2 is 2.00 bits per heavy atom. The number of hydrogen-bond donors (Lipinski definition) is 2. The Hall–Kier alpha value is -1.89. The number of benzene rings is 1. The Morgan fingerprint density at radius 1 is 1.31 bits per heavy atom. The minimum atomic E-state index is -0.509. The van der Waals surface area contributed by atoms with Gasteiger partial charge in [0.05, 0.1) is 16.8 Å². The van der Waals surface area contributed by atoms with Gasteiger partial charge in [-0.3, -0.25) is 4.79 Å². The molecule has 1 saturated heterocycles. The maximum atomic E-state index is 12.8. The zero-order valence-corrected chi connectivity index (χ0v) is 16.1. The van der Waals surface area contributed by atoms with Gasteiger partial charge in [-0.25, -0.2) is 4.68 Å². The number of ether oxygens (including phenoxy) is 1. The van der Waals surface area contributed by atoms with Crippen molar-refractivity contribution in [1.82, 2.24) is 15.1 Å². The summed E-state index contributed by atoms with van der Waals surface area (Å²) >= 11 is 0. The van der Waals surface area contributed by atoms with Crippen LogP contribution in [0, 0.1) is 19.3 Å². The molecule has 0 aliphatic carbocycles. The average molecular weight is 379 g/mol. The molecule has 3 N–H and O–H groups in total. The number of nitrogens with two attached hydrogens (primary N) is 1. The predicted molar refractivity (Wildman–Crippen MR) is 104 cm³/mol. The molecule has 0 unspecified atom stereocenters. The monoisotopic (exact) mass is 378 g/mol. The van der Waals surface area contributed by atoms with Gasteiger partial charge in [0.1, 0.15) is 0 Å². The van der Waals surface area contributed by atoms with Gasteiger partial charge in [-0.1, -0.05) is 18.2 Å². The van der Waals surface area contributed by atoms with Crippen LogP contribution in [0.5, 0.6) is 0 Å². The minimum Gasteiger partial charge on any atom is -0.381 e. The lowest BCUT2D eigenvalue weighted by Crippen LogP contribution is -2.49. The molecule has 7 heteroatoms. The molecule has 0 spiro atoms. The van der Waals surface area contributed by atoms with E-state index in [1.165, 1.54) is 0 Å². The number of halogens is 1. The summed E-state index contributed by atoms with van der Waals surface area (Å²) in [5.41, 5.74) is 9.47.